The lowest BCUT2D eigenvalue weighted by molar-refractivity contribution is -0.131. The van der Waals surface area contributed by atoms with Gasteiger partial charge in [0.15, 0.2) is 0 Å². The smallest absolute Gasteiger partial charge is 0.323 e. The van der Waals surface area contributed by atoms with Gasteiger partial charge in [-0.3, -0.25) is 13.9 Å². The Bertz CT molecular complexity index is 378. The van der Waals surface area contributed by atoms with Crippen LogP contribution in [0.25, 0.3) is 0 Å². The van der Waals surface area contributed by atoms with Gasteiger partial charge in [-0.05, 0) is 12.3 Å². The third kappa shape index (κ3) is 9.29. The summed E-state index contributed by atoms with van der Waals surface area (Å²) >= 11 is 0. The number of hydrogen-bond acceptors (Lipinski definition) is 4. The fraction of sp³-hybridized carbons (Fsp3) is 0.875. The third-order valence-corrected chi connectivity index (χ3v) is 3.48. The zero-order chi connectivity index (χ0) is 15.4. The maximum absolute atomic E-state index is 11.8. The lowest BCUT2D eigenvalue weighted by Crippen LogP contribution is -2.45. The van der Waals surface area contributed by atoms with Crippen molar-refractivity contribution < 1.29 is 33.5 Å². The highest BCUT2D eigenvalue weighted by atomic mass is 31.2. The molecular formula is C8H20N2O7P2. The predicted molar refractivity (Wildman–Crippen MR) is 68.1 cm³/mol. The molecule has 0 unspecified atom stereocenters. The Morgan fingerprint density at radius 3 is 1.74 bits per heavy atom. The summed E-state index contributed by atoms with van der Waals surface area (Å²) < 4.78 is 21.8. The van der Waals surface area contributed by atoms with Crippen molar-refractivity contribution in [2.45, 2.75) is 26.3 Å². The zero-order valence-electron chi connectivity index (χ0n) is 10.7. The predicted octanol–water partition coefficient (Wildman–Crippen LogP) is -0.541. The van der Waals surface area contributed by atoms with Crippen LogP contribution in [0.1, 0.15) is 20.3 Å². The van der Waals surface area contributed by atoms with Crippen LogP contribution in [0.15, 0.2) is 0 Å². The lowest BCUT2D eigenvalue weighted by atomic mass is 10.0. The minimum absolute atomic E-state index is 0.0610. The number of amides is 1. The summed E-state index contributed by atoms with van der Waals surface area (Å²) in [5.74, 6) is -0.828. The molecule has 0 aliphatic carbocycles. The van der Waals surface area contributed by atoms with Gasteiger partial charge in [0, 0.05) is 0 Å². The van der Waals surface area contributed by atoms with Crippen molar-refractivity contribution in [2.75, 3.05) is 12.6 Å². The number of rotatable bonds is 7. The molecule has 1 atom stereocenters. The topological polar surface area (TPSA) is 161 Å². The van der Waals surface area contributed by atoms with Gasteiger partial charge in [-0.25, -0.2) is 0 Å². The summed E-state index contributed by atoms with van der Waals surface area (Å²) in [5.41, 5.74) is 5.56. The van der Waals surface area contributed by atoms with Crippen molar-refractivity contribution >= 4 is 21.1 Å². The van der Waals surface area contributed by atoms with Crippen LogP contribution in [0.5, 0.6) is 0 Å². The van der Waals surface area contributed by atoms with Gasteiger partial charge in [0.05, 0.1) is 6.04 Å². The Kier molecular flexibility index (Phi) is 6.85. The number of carbonyl (C=O) groups is 1. The van der Waals surface area contributed by atoms with Crippen molar-refractivity contribution in [3.8, 4) is 0 Å². The molecule has 0 aliphatic rings. The molecule has 0 aromatic heterocycles. The molecule has 11 heteroatoms. The monoisotopic (exact) mass is 318 g/mol. The molecule has 0 aliphatic heterocycles. The van der Waals surface area contributed by atoms with E-state index in [1.807, 2.05) is 0 Å². The maximum Gasteiger partial charge on any atom is 0.344 e. The summed E-state index contributed by atoms with van der Waals surface area (Å²) in [5, 5.41) is 0. The lowest BCUT2D eigenvalue weighted by Gasteiger charge is -2.26. The van der Waals surface area contributed by atoms with Crippen LogP contribution in [0.4, 0.5) is 0 Å². The Morgan fingerprint density at radius 1 is 1.11 bits per heavy atom. The second kappa shape index (κ2) is 6.95. The molecule has 0 fully saturated rings. The molecule has 0 spiro atoms. The summed E-state index contributed by atoms with van der Waals surface area (Å²) in [6.07, 6.45) is -1.89. The number of nitrogens with two attached hydrogens (primary N) is 1. The van der Waals surface area contributed by atoms with Crippen molar-refractivity contribution in [1.82, 2.24) is 4.90 Å². The van der Waals surface area contributed by atoms with Crippen molar-refractivity contribution in [1.29, 1.82) is 0 Å². The van der Waals surface area contributed by atoms with E-state index in [-0.39, 0.29) is 12.3 Å². The Labute approximate surface area is 111 Å². The van der Waals surface area contributed by atoms with Crippen LogP contribution in [0.2, 0.25) is 0 Å². The highest BCUT2D eigenvalue weighted by molar-refractivity contribution is 7.52. The molecule has 19 heavy (non-hydrogen) atoms. The molecule has 0 aromatic carbocycles. The van der Waals surface area contributed by atoms with Gasteiger partial charge in [-0.2, -0.15) is 0 Å². The SMILES string of the molecule is CC(C)C[C@H](N)C(=O)N(CP(=O)(O)O)CP(=O)(O)O. The first-order valence-corrected chi connectivity index (χ1v) is 9.05. The highest BCUT2D eigenvalue weighted by Crippen LogP contribution is 2.41. The Balaban J connectivity index is 4.97. The fourth-order valence-corrected chi connectivity index (χ4v) is 3.00. The molecule has 0 saturated heterocycles. The van der Waals surface area contributed by atoms with E-state index < -0.39 is 39.7 Å². The molecule has 0 saturated carbocycles. The minimum Gasteiger partial charge on any atom is -0.323 e. The van der Waals surface area contributed by atoms with Crippen LogP contribution in [-0.4, -0.2) is 49.0 Å². The molecule has 0 rings (SSSR count). The fourth-order valence-electron chi connectivity index (χ4n) is 1.47. The van der Waals surface area contributed by atoms with Gasteiger partial charge in [0.1, 0.15) is 12.6 Å². The molecule has 0 radical (unpaired) electrons. The summed E-state index contributed by atoms with van der Waals surface area (Å²) in [4.78, 5) is 47.6. The first kappa shape index (κ1) is 18.7. The Morgan fingerprint density at radius 2 is 1.47 bits per heavy atom. The van der Waals surface area contributed by atoms with Crippen LogP contribution >= 0.6 is 15.2 Å². The number of nitrogens with zero attached hydrogens (tertiary/aromatic N) is 1. The minimum atomic E-state index is -4.63. The van der Waals surface area contributed by atoms with E-state index >= 15 is 0 Å². The first-order valence-electron chi connectivity index (χ1n) is 5.45. The zero-order valence-corrected chi connectivity index (χ0v) is 12.5. The molecule has 6 N–H and O–H groups in total. The van der Waals surface area contributed by atoms with Crippen LogP contribution in [-0.2, 0) is 13.9 Å². The number of hydrogen-bond donors (Lipinski definition) is 5. The second-order valence-corrected chi connectivity index (χ2v) is 7.95. The molecule has 0 aromatic rings. The van der Waals surface area contributed by atoms with Gasteiger partial charge >= 0.3 is 15.2 Å². The van der Waals surface area contributed by atoms with E-state index in [0.29, 0.717) is 4.90 Å². The van der Waals surface area contributed by atoms with Crippen molar-refractivity contribution in [2.24, 2.45) is 11.7 Å². The van der Waals surface area contributed by atoms with E-state index in [2.05, 4.69) is 0 Å². The summed E-state index contributed by atoms with van der Waals surface area (Å²) in [6, 6.07) is -1.06. The summed E-state index contributed by atoms with van der Waals surface area (Å²) in [7, 11) is -9.26. The van der Waals surface area contributed by atoms with E-state index in [9.17, 15) is 13.9 Å². The largest absolute Gasteiger partial charge is 0.344 e. The maximum atomic E-state index is 11.8. The molecule has 114 valence electrons. The molecular weight excluding hydrogens is 298 g/mol. The molecule has 0 bridgehead atoms. The van der Waals surface area contributed by atoms with Crippen LogP contribution in [0, 0.1) is 5.92 Å². The van der Waals surface area contributed by atoms with E-state index in [1.54, 1.807) is 13.8 Å². The molecule has 0 heterocycles. The normalized spacial score (nSPS) is 14.5. The van der Waals surface area contributed by atoms with Gasteiger partial charge < -0.3 is 30.2 Å². The standard InChI is InChI=1S/C8H20N2O7P2/c1-6(2)3-7(9)8(11)10(4-18(12,13)14)5-19(15,16)17/h6-7H,3-5,9H2,1-2H3,(H2,12,13,14)(H2,15,16,17)/t7-/m0/s1. The van der Waals surface area contributed by atoms with Crippen molar-refractivity contribution in [3.63, 3.8) is 0 Å². The van der Waals surface area contributed by atoms with Crippen molar-refractivity contribution in [3.05, 3.63) is 0 Å². The third-order valence-electron chi connectivity index (χ3n) is 2.06. The highest BCUT2D eigenvalue weighted by Gasteiger charge is 2.32. The van der Waals surface area contributed by atoms with Crippen LogP contribution < -0.4 is 5.73 Å². The summed E-state index contributed by atoms with van der Waals surface area (Å²) in [6.45, 7) is 3.59. The van der Waals surface area contributed by atoms with Gasteiger partial charge in [0.2, 0.25) is 5.91 Å². The quantitative estimate of drug-likeness (QED) is 0.391. The second-order valence-electron chi connectivity index (χ2n) is 4.73. The van der Waals surface area contributed by atoms with Gasteiger partial charge in [-0.15, -0.1) is 0 Å². The average molecular weight is 318 g/mol. The number of carbonyl (C=O) groups excluding carboxylic acids is 1. The van der Waals surface area contributed by atoms with E-state index in [4.69, 9.17) is 25.3 Å². The van der Waals surface area contributed by atoms with Gasteiger partial charge in [0.25, 0.3) is 0 Å². The molecule has 1 amide bonds. The van der Waals surface area contributed by atoms with E-state index in [0.717, 1.165) is 0 Å². The van der Waals surface area contributed by atoms with Crippen LogP contribution in [0.3, 0.4) is 0 Å². The van der Waals surface area contributed by atoms with Gasteiger partial charge in [-0.1, -0.05) is 13.8 Å². The average Bonchev–Trinajstić information content (AvgIpc) is 2.09. The molecule has 9 nitrogen and oxygen atoms in total. The van der Waals surface area contributed by atoms with E-state index in [1.165, 1.54) is 0 Å². The Hall–Kier alpha value is -0.270. The first-order chi connectivity index (χ1) is 8.32.